The van der Waals surface area contributed by atoms with Crippen LogP contribution in [-0.2, 0) is 9.53 Å². The molecule has 0 saturated carbocycles. The van der Waals surface area contributed by atoms with Crippen LogP contribution in [0.1, 0.15) is 6.42 Å². The molecule has 6 nitrogen and oxygen atoms in total. The number of hydrogen-bond donors (Lipinski definition) is 1. The molecule has 128 valence electrons. The number of halogens is 1. The minimum absolute atomic E-state index is 0. The maximum Gasteiger partial charge on any atom is 0.232 e. The van der Waals surface area contributed by atoms with Crippen molar-refractivity contribution >= 4 is 24.1 Å². The molecule has 3 rings (SSSR count). The summed E-state index contributed by atoms with van der Waals surface area (Å²) in [5, 5.41) is 3.30. The molecule has 2 saturated heterocycles. The van der Waals surface area contributed by atoms with Crippen LogP contribution in [0.15, 0.2) is 24.4 Å². The van der Waals surface area contributed by atoms with E-state index in [0.717, 1.165) is 51.5 Å². The lowest BCUT2D eigenvalue weighted by atomic mass is 9.86. The summed E-state index contributed by atoms with van der Waals surface area (Å²) >= 11 is 0. The molecule has 0 radical (unpaired) electrons. The summed E-state index contributed by atoms with van der Waals surface area (Å²) in [6, 6.07) is 5.94. The van der Waals surface area contributed by atoms with E-state index in [9.17, 15) is 4.79 Å². The molecular weight excluding hydrogens is 316 g/mol. The quantitative estimate of drug-likeness (QED) is 0.877. The van der Waals surface area contributed by atoms with Gasteiger partial charge in [0, 0.05) is 46.0 Å². The number of aromatic nitrogens is 1. The number of ether oxygens (including phenoxy) is 1. The van der Waals surface area contributed by atoms with Crippen LogP contribution in [0.2, 0.25) is 0 Å². The minimum Gasteiger partial charge on any atom is -0.384 e. The van der Waals surface area contributed by atoms with Crippen molar-refractivity contribution in [3.8, 4) is 0 Å². The second-order valence-electron chi connectivity index (χ2n) is 6.11. The van der Waals surface area contributed by atoms with E-state index in [1.54, 1.807) is 7.11 Å². The molecule has 2 fully saturated rings. The number of amides is 1. The van der Waals surface area contributed by atoms with Gasteiger partial charge in [-0.2, -0.15) is 0 Å². The van der Waals surface area contributed by atoms with Crippen molar-refractivity contribution in [3.05, 3.63) is 24.4 Å². The Kier molecular flexibility index (Phi) is 6.21. The first-order valence-corrected chi connectivity index (χ1v) is 7.90. The lowest BCUT2D eigenvalue weighted by Gasteiger charge is -2.39. The molecular formula is C16H25ClN4O2. The monoisotopic (exact) mass is 340 g/mol. The number of nitrogens with zero attached hydrogens (tertiary/aromatic N) is 3. The number of rotatable bonds is 4. The van der Waals surface area contributed by atoms with Crippen molar-refractivity contribution in [2.75, 3.05) is 57.9 Å². The molecule has 0 spiro atoms. The lowest BCUT2D eigenvalue weighted by Crippen LogP contribution is -2.55. The molecule has 23 heavy (non-hydrogen) atoms. The number of anilines is 1. The summed E-state index contributed by atoms with van der Waals surface area (Å²) in [7, 11) is 1.67. The predicted molar refractivity (Wildman–Crippen MR) is 92.1 cm³/mol. The molecule has 1 N–H and O–H groups in total. The van der Waals surface area contributed by atoms with E-state index < -0.39 is 0 Å². The number of pyridine rings is 1. The normalized spacial score (nSPS) is 24.4. The first-order valence-electron chi connectivity index (χ1n) is 7.90. The maximum absolute atomic E-state index is 12.9. The van der Waals surface area contributed by atoms with E-state index in [1.807, 2.05) is 29.3 Å². The first kappa shape index (κ1) is 18.0. The molecule has 3 heterocycles. The predicted octanol–water partition coefficient (Wildman–Crippen LogP) is 0.778. The minimum atomic E-state index is -0.373. The summed E-state index contributed by atoms with van der Waals surface area (Å²) in [5.41, 5.74) is -0.373. The van der Waals surface area contributed by atoms with E-state index in [0.29, 0.717) is 6.61 Å². The fourth-order valence-corrected chi connectivity index (χ4v) is 3.40. The highest BCUT2D eigenvalue weighted by atomic mass is 35.5. The molecule has 2 aliphatic rings. The Bertz CT molecular complexity index is 500. The fraction of sp³-hybridized carbons (Fsp3) is 0.625. The van der Waals surface area contributed by atoms with E-state index in [2.05, 4.69) is 15.2 Å². The van der Waals surface area contributed by atoms with Crippen molar-refractivity contribution < 1.29 is 9.53 Å². The van der Waals surface area contributed by atoms with Crippen LogP contribution in [0.3, 0.4) is 0 Å². The highest BCUT2D eigenvalue weighted by molar-refractivity contribution is 5.85. The van der Waals surface area contributed by atoms with Gasteiger partial charge in [-0.25, -0.2) is 4.98 Å². The molecule has 0 bridgehead atoms. The van der Waals surface area contributed by atoms with E-state index in [4.69, 9.17) is 4.74 Å². The van der Waals surface area contributed by atoms with Gasteiger partial charge in [-0.1, -0.05) is 6.07 Å². The zero-order chi connectivity index (χ0) is 15.4. The number of piperazine rings is 1. The summed E-state index contributed by atoms with van der Waals surface area (Å²) in [6.07, 6.45) is 2.67. The lowest BCUT2D eigenvalue weighted by molar-refractivity contribution is -0.144. The van der Waals surface area contributed by atoms with Gasteiger partial charge in [0.15, 0.2) is 0 Å². The number of hydrogen-bond acceptors (Lipinski definition) is 5. The number of carbonyl (C=O) groups excluding carboxylic acids is 1. The highest BCUT2D eigenvalue weighted by Crippen LogP contribution is 2.29. The summed E-state index contributed by atoms with van der Waals surface area (Å²) in [5.74, 6) is 1.23. The van der Waals surface area contributed by atoms with Crippen LogP contribution >= 0.6 is 12.4 Å². The molecule has 2 aliphatic heterocycles. The summed E-state index contributed by atoms with van der Waals surface area (Å²) in [4.78, 5) is 21.5. The van der Waals surface area contributed by atoms with Crippen LogP contribution in [0.5, 0.6) is 0 Å². The van der Waals surface area contributed by atoms with Crippen molar-refractivity contribution in [1.29, 1.82) is 0 Å². The topological polar surface area (TPSA) is 57.7 Å². The van der Waals surface area contributed by atoms with Crippen LogP contribution in [-0.4, -0.2) is 68.8 Å². The van der Waals surface area contributed by atoms with Gasteiger partial charge in [0.05, 0.1) is 12.0 Å². The second kappa shape index (κ2) is 7.95. The van der Waals surface area contributed by atoms with Crippen LogP contribution in [0.4, 0.5) is 5.82 Å². The Hall–Kier alpha value is -1.37. The van der Waals surface area contributed by atoms with Gasteiger partial charge in [0.25, 0.3) is 0 Å². The maximum atomic E-state index is 12.9. The Balaban J connectivity index is 0.00000192. The van der Waals surface area contributed by atoms with Gasteiger partial charge in [-0.3, -0.25) is 4.79 Å². The van der Waals surface area contributed by atoms with E-state index in [-0.39, 0.29) is 23.7 Å². The Morgan fingerprint density at radius 1 is 1.35 bits per heavy atom. The van der Waals surface area contributed by atoms with Crippen molar-refractivity contribution in [2.24, 2.45) is 5.41 Å². The standard InChI is InChI=1S/C16H24N4O2.ClH/c1-22-13-16(5-7-17-12-16)15(21)20-10-8-19(9-11-20)14-4-2-3-6-18-14;/h2-4,6,17H,5,7-13H2,1H3;1H. The van der Waals surface area contributed by atoms with Crippen molar-refractivity contribution in [2.45, 2.75) is 6.42 Å². The summed E-state index contributed by atoms with van der Waals surface area (Å²) in [6.45, 7) is 5.28. The van der Waals surface area contributed by atoms with Crippen LogP contribution < -0.4 is 10.2 Å². The van der Waals surface area contributed by atoms with Crippen molar-refractivity contribution in [3.63, 3.8) is 0 Å². The molecule has 0 aliphatic carbocycles. The highest BCUT2D eigenvalue weighted by Gasteiger charge is 2.44. The molecule has 1 atom stereocenters. The van der Waals surface area contributed by atoms with Gasteiger partial charge in [0.1, 0.15) is 5.82 Å². The smallest absolute Gasteiger partial charge is 0.232 e. The SMILES string of the molecule is COCC1(C(=O)N2CCN(c3ccccn3)CC2)CCNC1.Cl. The van der Waals surface area contributed by atoms with Crippen LogP contribution in [0, 0.1) is 5.41 Å². The van der Waals surface area contributed by atoms with Gasteiger partial charge < -0.3 is 19.9 Å². The number of carbonyl (C=O) groups is 1. The van der Waals surface area contributed by atoms with Gasteiger partial charge in [0.2, 0.25) is 5.91 Å². The Morgan fingerprint density at radius 2 is 2.13 bits per heavy atom. The second-order valence-corrected chi connectivity index (χ2v) is 6.11. The average Bonchev–Trinajstić information content (AvgIpc) is 3.05. The molecule has 1 aromatic rings. The fourth-order valence-electron chi connectivity index (χ4n) is 3.40. The zero-order valence-electron chi connectivity index (χ0n) is 13.5. The summed E-state index contributed by atoms with van der Waals surface area (Å²) < 4.78 is 5.32. The Labute approximate surface area is 143 Å². The molecule has 1 aromatic heterocycles. The van der Waals surface area contributed by atoms with E-state index >= 15 is 0 Å². The Morgan fingerprint density at radius 3 is 2.70 bits per heavy atom. The van der Waals surface area contributed by atoms with Gasteiger partial charge >= 0.3 is 0 Å². The number of nitrogens with one attached hydrogen (secondary N) is 1. The third-order valence-corrected chi connectivity index (χ3v) is 4.66. The molecule has 1 unspecified atom stereocenters. The molecule has 0 aromatic carbocycles. The van der Waals surface area contributed by atoms with Crippen LogP contribution in [0.25, 0.3) is 0 Å². The number of methoxy groups -OCH3 is 1. The molecule has 1 amide bonds. The average molecular weight is 341 g/mol. The zero-order valence-corrected chi connectivity index (χ0v) is 14.3. The first-order chi connectivity index (χ1) is 10.7. The third-order valence-electron chi connectivity index (χ3n) is 4.66. The largest absolute Gasteiger partial charge is 0.384 e. The van der Waals surface area contributed by atoms with Gasteiger partial charge in [-0.15, -0.1) is 12.4 Å². The van der Waals surface area contributed by atoms with E-state index in [1.165, 1.54) is 0 Å². The molecule has 7 heteroatoms. The van der Waals surface area contributed by atoms with Gasteiger partial charge in [-0.05, 0) is 25.1 Å². The van der Waals surface area contributed by atoms with Crippen molar-refractivity contribution in [1.82, 2.24) is 15.2 Å². The third kappa shape index (κ3) is 3.76.